The van der Waals surface area contributed by atoms with Crippen molar-refractivity contribution in [3.05, 3.63) is 41.1 Å². The van der Waals surface area contributed by atoms with Crippen LogP contribution in [-0.4, -0.2) is 35.1 Å². The summed E-state index contributed by atoms with van der Waals surface area (Å²) in [6, 6.07) is 7.02. The molecule has 0 aliphatic heterocycles. The van der Waals surface area contributed by atoms with Crippen molar-refractivity contribution in [3.8, 4) is 0 Å². The number of amides is 1. The fourth-order valence-electron chi connectivity index (χ4n) is 2.64. The minimum Gasteiger partial charge on any atom is -0.330 e. The second kappa shape index (κ2) is 7.20. The van der Waals surface area contributed by atoms with E-state index in [1.165, 1.54) is 0 Å². The number of fused-ring (bicyclic) bond motifs is 1. The van der Waals surface area contributed by atoms with E-state index in [1.807, 2.05) is 19.9 Å². The summed E-state index contributed by atoms with van der Waals surface area (Å²) in [4.78, 5) is 18.1. The van der Waals surface area contributed by atoms with Gasteiger partial charge in [-0.15, -0.1) is 0 Å². The summed E-state index contributed by atoms with van der Waals surface area (Å²) in [6.07, 6.45) is -3.17. The van der Waals surface area contributed by atoms with E-state index in [1.54, 1.807) is 25.1 Å². The zero-order chi connectivity index (χ0) is 17.9. The first kappa shape index (κ1) is 18.2. The fourth-order valence-corrected chi connectivity index (χ4v) is 2.64. The van der Waals surface area contributed by atoms with Crippen molar-refractivity contribution in [1.82, 2.24) is 9.88 Å². The standard InChI is InChI=1S/C18H21F3N2O/c1-4-5-8-23(11-18(19,20)21)17(24)15-10-13(3)22-16-7-6-12(2)9-14(15)16/h6-7,9-10H,4-5,8,11H2,1-3H3. The number of alkyl halides is 3. The van der Waals surface area contributed by atoms with E-state index >= 15 is 0 Å². The summed E-state index contributed by atoms with van der Waals surface area (Å²) < 4.78 is 38.6. The van der Waals surface area contributed by atoms with Crippen molar-refractivity contribution in [2.45, 2.75) is 39.8 Å². The molecule has 0 fully saturated rings. The average Bonchev–Trinajstić information content (AvgIpc) is 2.49. The summed E-state index contributed by atoms with van der Waals surface area (Å²) in [5.74, 6) is -0.595. The van der Waals surface area contributed by atoms with Crippen LogP contribution in [0.3, 0.4) is 0 Å². The molecular formula is C18H21F3N2O. The first-order chi connectivity index (χ1) is 11.2. The fraction of sp³-hybridized carbons (Fsp3) is 0.444. The zero-order valence-electron chi connectivity index (χ0n) is 14.1. The van der Waals surface area contributed by atoms with Gasteiger partial charge in [0, 0.05) is 17.6 Å². The lowest BCUT2D eigenvalue weighted by molar-refractivity contribution is -0.140. The highest BCUT2D eigenvalue weighted by molar-refractivity contribution is 6.06. The Bertz CT molecular complexity index is 741. The second-order valence-electron chi connectivity index (χ2n) is 6.03. The number of hydrogen-bond acceptors (Lipinski definition) is 2. The van der Waals surface area contributed by atoms with Crippen LogP contribution in [0.15, 0.2) is 24.3 Å². The van der Waals surface area contributed by atoms with Gasteiger partial charge in [-0.2, -0.15) is 13.2 Å². The molecule has 130 valence electrons. The maximum Gasteiger partial charge on any atom is 0.406 e. The molecule has 0 aliphatic carbocycles. The van der Waals surface area contributed by atoms with Gasteiger partial charge in [-0.05, 0) is 38.5 Å². The van der Waals surface area contributed by atoms with Crippen LogP contribution in [0, 0.1) is 13.8 Å². The second-order valence-corrected chi connectivity index (χ2v) is 6.03. The van der Waals surface area contributed by atoms with Gasteiger partial charge in [-0.25, -0.2) is 0 Å². The van der Waals surface area contributed by atoms with Crippen molar-refractivity contribution >= 4 is 16.8 Å². The quantitative estimate of drug-likeness (QED) is 0.795. The van der Waals surface area contributed by atoms with Crippen LogP contribution in [0.25, 0.3) is 10.9 Å². The molecule has 24 heavy (non-hydrogen) atoms. The van der Waals surface area contributed by atoms with Crippen LogP contribution in [0.1, 0.15) is 41.4 Å². The molecule has 1 heterocycles. The highest BCUT2D eigenvalue weighted by Crippen LogP contribution is 2.24. The molecule has 0 unspecified atom stereocenters. The number of aromatic nitrogens is 1. The van der Waals surface area contributed by atoms with Crippen LogP contribution in [0.5, 0.6) is 0 Å². The van der Waals surface area contributed by atoms with E-state index in [-0.39, 0.29) is 12.1 Å². The minimum absolute atomic E-state index is 0.0868. The molecule has 1 amide bonds. The normalized spacial score (nSPS) is 11.8. The third-order valence-electron chi connectivity index (χ3n) is 3.76. The Kier molecular flexibility index (Phi) is 5.47. The van der Waals surface area contributed by atoms with Crippen LogP contribution in [-0.2, 0) is 0 Å². The molecule has 0 saturated heterocycles. The molecular weight excluding hydrogens is 317 g/mol. The number of carbonyl (C=O) groups excluding carboxylic acids is 1. The van der Waals surface area contributed by atoms with Gasteiger partial charge in [-0.1, -0.05) is 25.0 Å². The lowest BCUT2D eigenvalue weighted by Gasteiger charge is -2.24. The van der Waals surface area contributed by atoms with Crippen LogP contribution < -0.4 is 0 Å². The van der Waals surface area contributed by atoms with E-state index in [0.717, 1.165) is 16.9 Å². The number of aryl methyl sites for hydroxylation is 2. The Balaban J connectivity index is 2.48. The molecule has 6 heteroatoms. The Hall–Kier alpha value is -2.11. The Morgan fingerprint density at radius 1 is 1.21 bits per heavy atom. The van der Waals surface area contributed by atoms with E-state index < -0.39 is 18.6 Å². The molecule has 2 rings (SSSR count). The van der Waals surface area contributed by atoms with Crippen molar-refractivity contribution in [2.24, 2.45) is 0 Å². The lowest BCUT2D eigenvalue weighted by Crippen LogP contribution is -2.39. The molecule has 1 aromatic carbocycles. The number of rotatable bonds is 5. The van der Waals surface area contributed by atoms with Crippen LogP contribution >= 0.6 is 0 Å². The molecule has 3 nitrogen and oxygen atoms in total. The van der Waals surface area contributed by atoms with Gasteiger partial charge in [0.1, 0.15) is 6.54 Å². The molecule has 2 aromatic rings. The number of nitrogens with zero attached hydrogens (tertiary/aromatic N) is 2. The van der Waals surface area contributed by atoms with E-state index in [0.29, 0.717) is 23.0 Å². The first-order valence-corrected chi connectivity index (χ1v) is 7.95. The van der Waals surface area contributed by atoms with Crippen molar-refractivity contribution < 1.29 is 18.0 Å². The summed E-state index contributed by atoms with van der Waals surface area (Å²) in [7, 11) is 0. The Morgan fingerprint density at radius 2 is 1.92 bits per heavy atom. The predicted molar refractivity (Wildman–Crippen MR) is 88.1 cm³/mol. The molecule has 0 N–H and O–H groups in total. The van der Waals surface area contributed by atoms with E-state index in [9.17, 15) is 18.0 Å². The number of benzene rings is 1. The molecule has 0 radical (unpaired) electrons. The maximum absolute atomic E-state index is 12.9. The summed E-state index contributed by atoms with van der Waals surface area (Å²) in [5.41, 5.74) is 2.43. The van der Waals surface area contributed by atoms with Gasteiger partial charge in [0.2, 0.25) is 0 Å². The third kappa shape index (κ3) is 4.46. The number of pyridine rings is 1. The van der Waals surface area contributed by atoms with E-state index in [2.05, 4.69) is 4.98 Å². The molecule has 0 bridgehead atoms. The first-order valence-electron chi connectivity index (χ1n) is 7.95. The Labute approximate surface area is 139 Å². The predicted octanol–water partition coefficient (Wildman–Crippen LogP) is 4.66. The van der Waals surface area contributed by atoms with Crippen LogP contribution in [0.4, 0.5) is 13.2 Å². The van der Waals surface area contributed by atoms with Gasteiger partial charge in [-0.3, -0.25) is 9.78 Å². The third-order valence-corrected chi connectivity index (χ3v) is 3.76. The van der Waals surface area contributed by atoms with Crippen molar-refractivity contribution in [1.29, 1.82) is 0 Å². The monoisotopic (exact) mass is 338 g/mol. The Morgan fingerprint density at radius 3 is 2.54 bits per heavy atom. The van der Waals surface area contributed by atoms with Crippen LogP contribution in [0.2, 0.25) is 0 Å². The topological polar surface area (TPSA) is 33.2 Å². The minimum atomic E-state index is -4.42. The van der Waals surface area contributed by atoms with E-state index in [4.69, 9.17) is 0 Å². The van der Waals surface area contributed by atoms with Crippen molar-refractivity contribution in [2.75, 3.05) is 13.1 Å². The van der Waals surface area contributed by atoms with Gasteiger partial charge in [0.05, 0.1) is 11.1 Å². The number of hydrogen-bond donors (Lipinski definition) is 0. The molecule has 1 aromatic heterocycles. The van der Waals surface area contributed by atoms with Gasteiger partial charge >= 0.3 is 6.18 Å². The molecule has 0 spiro atoms. The number of carbonyl (C=O) groups is 1. The maximum atomic E-state index is 12.9. The van der Waals surface area contributed by atoms with Gasteiger partial charge < -0.3 is 4.90 Å². The summed E-state index contributed by atoms with van der Waals surface area (Å²) >= 11 is 0. The smallest absolute Gasteiger partial charge is 0.330 e. The SMILES string of the molecule is CCCCN(CC(F)(F)F)C(=O)c1cc(C)nc2ccc(C)cc12. The average molecular weight is 338 g/mol. The van der Waals surface area contributed by atoms with Gasteiger partial charge in [0.15, 0.2) is 0 Å². The molecule has 0 saturated carbocycles. The summed E-state index contributed by atoms with van der Waals surface area (Å²) in [5, 5.41) is 0.592. The molecule has 0 aliphatic rings. The zero-order valence-corrected chi connectivity index (χ0v) is 14.1. The lowest BCUT2D eigenvalue weighted by atomic mass is 10.0. The van der Waals surface area contributed by atoms with Crippen molar-refractivity contribution in [3.63, 3.8) is 0 Å². The number of unbranched alkanes of at least 4 members (excludes halogenated alkanes) is 1. The highest BCUT2D eigenvalue weighted by Gasteiger charge is 2.33. The largest absolute Gasteiger partial charge is 0.406 e. The summed E-state index contributed by atoms with van der Waals surface area (Å²) in [6.45, 7) is 4.34. The highest BCUT2D eigenvalue weighted by atomic mass is 19.4. The molecule has 0 atom stereocenters. The number of halogens is 3. The van der Waals surface area contributed by atoms with Gasteiger partial charge in [0.25, 0.3) is 5.91 Å².